The van der Waals surface area contributed by atoms with Crippen molar-refractivity contribution in [2.24, 2.45) is 0 Å². The fraction of sp³-hybridized carbons (Fsp3) is 0.238. The summed E-state index contributed by atoms with van der Waals surface area (Å²) in [5.41, 5.74) is 4.02. The summed E-state index contributed by atoms with van der Waals surface area (Å²) in [6.07, 6.45) is 2.86. The Morgan fingerprint density at radius 3 is 2.54 bits per heavy atom. The predicted octanol–water partition coefficient (Wildman–Crippen LogP) is 5.41. The molecule has 0 saturated heterocycles. The lowest BCUT2D eigenvalue weighted by Gasteiger charge is -2.14. The smallest absolute Gasteiger partial charge is 0.0993 e. The Hall–Kier alpha value is -1.85. The largest absolute Gasteiger partial charge is 0.384 e. The monoisotopic (exact) mass is 436 g/mol. The molecule has 4 nitrogen and oxygen atoms in total. The number of hydrogen-bond donors (Lipinski definition) is 2. The number of alkyl halides is 1. The number of nitrogens with zero attached hydrogens (tertiary/aromatic N) is 2. The first kappa shape index (κ1) is 22.4. The molecule has 0 aliphatic carbocycles. The van der Waals surface area contributed by atoms with E-state index in [2.05, 4.69) is 52.0 Å². The van der Waals surface area contributed by atoms with E-state index >= 15 is 0 Å². The summed E-state index contributed by atoms with van der Waals surface area (Å²) in [5, 5.41) is 10.3. The highest BCUT2D eigenvalue weighted by molar-refractivity contribution is 6.18. The van der Waals surface area contributed by atoms with Gasteiger partial charge in [-0.25, -0.2) is 4.98 Å². The van der Waals surface area contributed by atoms with E-state index in [0.717, 1.165) is 64.5 Å². The number of nitrogens with one attached hydrogen (secondary N) is 2. The molecule has 0 aliphatic rings. The van der Waals surface area contributed by atoms with Gasteiger partial charge in [0.25, 0.3) is 0 Å². The molecule has 4 aromatic rings. The molecule has 4 rings (SSSR count). The molecule has 0 spiro atoms. The normalized spacial score (nSPS) is 10.6. The fourth-order valence-electron chi connectivity index (χ4n) is 3.30. The van der Waals surface area contributed by atoms with Crippen molar-refractivity contribution in [3.8, 4) is 0 Å². The molecule has 0 fully saturated rings. The average Bonchev–Trinajstić information content (AvgIpc) is 2.69. The number of benzene rings is 2. The summed E-state index contributed by atoms with van der Waals surface area (Å²) in [6.45, 7) is 2.68. The summed E-state index contributed by atoms with van der Waals surface area (Å²) >= 11 is 5.70. The minimum atomic E-state index is 0. The Balaban J connectivity index is 0.00000140. The molecule has 148 valence electrons. The van der Waals surface area contributed by atoms with Crippen LogP contribution in [0.4, 0.5) is 5.69 Å². The molecule has 0 unspecified atom stereocenters. The molecule has 0 radical (unpaired) electrons. The topological polar surface area (TPSA) is 49.8 Å². The van der Waals surface area contributed by atoms with Crippen LogP contribution in [0.3, 0.4) is 0 Å². The Morgan fingerprint density at radius 2 is 1.68 bits per heavy atom. The molecule has 2 aromatic carbocycles. The first-order chi connectivity index (χ1) is 12.9. The summed E-state index contributed by atoms with van der Waals surface area (Å²) in [5.74, 6) is 0.646. The van der Waals surface area contributed by atoms with Crippen LogP contribution in [0.2, 0.25) is 0 Å². The van der Waals surface area contributed by atoms with Gasteiger partial charge in [-0.1, -0.05) is 30.3 Å². The Morgan fingerprint density at radius 1 is 0.821 bits per heavy atom. The number of para-hydroxylation sites is 1. The SMILES string of the molecule is Cl.Cl.ClCCNCCCNc1c2ccccc2nc2c1ccc1cccnc12. The van der Waals surface area contributed by atoms with Crippen LogP contribution < -0.4 is 10.6 Å². The zero-order valence-corrected chi connectivity index (χ0v) is 17.7. The molecular formula is C21H23Cl3N4. The van der Waals surface area contributed by atoms with Crippen LogP contribution in [-0.2, 0) is 0 Å². The summed E-state index contributed by atoms with van der Waals surface area (Å²) in [4.78, 5) is 9.48. The Kier molecular flexibility index (Phi) is 8.52. The lowest BCUT2D eigenvalue weighted by molar-refractivity contribution is 0.691. The third-order valence-corrected chi connectivity index (χ3v) is 4.72. The Labute approximate surface area is 181 Å². The Bertz CT molecular complexity index is 1060. The van der Waals surface area contributed by atoms with Crippen molar-refractivity contribution in [3.63, 3.8) is 0 Å². The van der Waals surface area contributed by atoms with Crippen molar-refractivity contribution in [1.29, 1.82) is 0 Å². The van der Waals surface area contributed by atoms with Gasteiger partial charge in [-0.3, -0.25) is 4.98 Å². The van der Waals surface area contributed by atoms with E-state index < -0.39 is 0 Å². The van der Waals surface area contributed by atoms with Gasteiger partial charge in [0.05, 0.1) is 22.2 Å². The standard InChI is InChI=1S/C21H21ClN4.2ClH/c22-10-14-23-11-4-13-25-20-16-6-1-2-7-18(16)26-21-17(20)9-8-15-5-3-12-24-19(15)21;;/h1-3,5-9,12,23H,4,10-11,13-14H2,(H,25,26);2*1H. The molecule has 0 aliphatic heterocycles. The number of pyridine rings is 2. The van der Waals surface area contributed by atoms with E-state index in [-0.39, 0.29) is 24.8 Å². The second-order valence-corrected chi connectivity index (χ2v) is 6.64. The summed E-state index contributed by atoms with van der Waals surface area (Å²) in [7, 11) is 0. The number of rotatable bonds is 7. The van der Waals surface area contributed by atoms with Gasteiger partial charge in [0.2, 0.25) is 0 Å². The van der Waals surface area contributed by atoms with Crippen LogP contribution in [0, 0.1) is 0 Å². The van der Waals surface area contributed by atoms with E-state index in [0.29, 0.717) is 5.88 Å². The highest BCUT2D eigenvalue weighted by atomic mass is 35.5. The number of fused-ring (bicyclic) bond motifs is 4. The van der Waals surface area contributed by atoms with Crippen molar-refractivity contribution >= 4 is 74.8 Å². The van der Waals surface area contributed by atoms with Crippen LogP contribution >= 0.6 is 36.4 Å². The van der Waals surface area contributed by atoms with Gasteiger partial charge in [-0.2, -0.15) is 0 Å². The lowest BCUT2D eigenvalue weighted by atomic mass is 10.0. The zero-order chi connectivity index (χ0) is 17.8. The van der Waals surface area contributed by atoms with Gasteiger partial charge in [0.15, 0.2) is 0 Å². The van der Waals surface area contributed by atoms with E-state index in [1.807, 2.05) is 18.3 Å². The van der Waals surface area contributed by atoms with E-state index in [9.17, 15) is 0 Å². The van der Waals surface area contributed by atoms with Gasteiger partial charge >= 0.3 is 0 Å². The molecule has 2 heterocycles. The molecule has 0 amide bonds. The molecule has 2 aromatic heterocycles. The molecule has 7 heteroatoms. The number of aromatic nitrogens is 2. The van der Waals surface area contributed by atoms with Crippen molar-refractivity contribution in [2.75, 3.05) is 30.8 Å². The van der Waals surface area contributed by atoms with Crippen LogP contribution in [-0.4, -0.2) is 35.5 Å². The summed E-state index contributed by atoms with van der Waals surface area (Å²) in [6, 6.07) is 16.6. The maximum Gasteiger partial charge on any atom is 0.0993 e. The van der Waals surface area contributed by atoms with Crippen LogP contribution in [0.15, 0.2) is 54.7 Å². The van der Waals surface area contributed by atoms with Crippen molar-refractivity contribution in [1.82, 2.24) is 15.3 Å². The highest BCUT2D eigenvalue weighted by Gasteiger charge is 2.11. The van der Waals surface area contributed by atoms with Crippen molar-refractivity contribution < 1.29 is 0 Å². The molecule has 2 N–H and O–H groups in total. The summed E-state index contributed by atoms with van der Waals surface area (Å²) < 4.78 is 0. The van der Waals surface area contributed by atoms with Crippen LogP contribution in [0.5, 0.6) is 0 Å². The molecule has 0 atom stereocenters. The van der Waals surface area contributed by atoms with Crippen LogP contribution in [0.25, 0.3) is 32.7 Å². The maximum atomic E-state index is 5.70. The van der Waals surface area contributed by atoms with Gasteiger partial charge in [0.1, 0.15) is 0 Å². The van der Waals surface area contributed by atoms with Gasteiger partial charge in [0, 0.05) is 41.3 Å². The fourth-order valence-corrected chi connectivity index (χ4v) is 3.44. The van der Waals surface area contributed by atoms with Gasteiger partial charge < -0.3 is 10.6 Å². The maximum absolute atomic E-state index is 5.70. The van der Waals surface area contributed by atoms with Crippen LogP contribution in [0.1, 0.15) is 6.42 Å². The second-order valence-electron chi connectivity index (χ2n) is 6.26. The molecule has 28 heavy (non-hydrogen) atoms. The quantitative estimate of drug-likeness (QED) is 0.176. The zero-order valence-electron chi connectivity index (χ0n) is 15.3. The minimum Gasteiger partial charge on any atom is -0.384 e. The van der Waals surface area contributed by atoms with E-state index in [4.69, 9.17) is 16.6 Å². The highest BCUT2D eigenvalue weighted by Crippen LogP contribution is 2.33. The van der Waals surface area contributed by atoms with E-state index in [1.54, 1.807) is 0 Å². The lowest BCUT2D eigenvalue weighted by Crippen LogP contribution is -2.20. The van der Waals surface area contributed by atoms with Gasteiger partial charge in [-0.15, -0.1) is 36.4 Å². The molecular weight excluding hydrogens is 415 g/mol. The number of halogens is 3. The second kappa shape index (κ2) is 10.6. The first-order valence-corrected chi connectivity index (χ1v) is 9.48. The number of anilines is 1. The third kappa shape index (κ3) is 4.58. The van der Waals surface area contributed by atoms with Crippen molar-refractivity contribution in [3.05, 3.63) is 54.7 Å². The molecule has 0 bridgehead atoms. The minimum absolute atomic E-state index is 0. The third-order valence-electron chi connectivity index (χ3n) is 4.53. The average molecular weight is 438 g/mol. The first-order valence-electron chi connectivity index (χ1n) is 8.95. The number of hydrogen-bond acceptors (Lipinski definition) is 4. The molecule has 0 saturated carbocycles. The van der Waals surface area contributed by atoms with Gasteiger partial charge in [-0.05, 0) is 31.2 Å². The van der Waals surface area contributed by atoms with E-state index in [1.165, 1.54) is 0 Å². The predicted molar refractivity (Wildman–Crippen MR) is 126 cm³/mol. The van der Waals surface area contributed by atoms with Crippen molar-refractivity contribution in [2.45, 2.75) is 6.42 Å².